The first kappa shape index (κ1) is 19.2. The highest BCUT2D eigenvalue weighted by Gasteiger charge is 2.73. The van der Waals surface area contributed by atoms with Crippen LogP contribution in [0.2, 0.25) is 0 Å². The molecule has 1 heterocycles. The Morgan fingerprint density at radius 3 is 2.28 bits per heavy atom. The number of rotatable bonds is 5. The zero-order valence-corrected chi connectivity index (χ0v) is 14.0. The van der Waals surface area contributed by atoms with E-state index in [1.807, 2.05) is 5.32 Å². The number of ether oxygens (including phenoxy) is 2. The van der Waals surface area contributed by atoms with E-state index in [9.17, 15) is 22.8 Å². The van der Waals surface area contributed by atoms with Crippen molar-refractivity contribution in [3.8, 4) is 0 Å². The van der Waals surface area contributed by atoms with Gasteiger partial charge in [0.1, 0.15) is 6.10 Å². The summed E-state index contributed by atoms with van der Waals surface area (Å²) in [4.78, 5) is 24.8. The van der Waals surface area contributed by atoms with Crippen LogP contribution in [0.5, 0.6) is 0 Å². The van der Waals surface area contributed by atoms with Gasteiger partial charge in [-0.3, -0.25) is 9.59 Å². The van der Waals surface area contributed by atoms with Crippen LogP contribution in [-0.4, -0.2) is 55.0 Å². The first-order valence-electron chi connectivity index (χ1n) is 7.45. The van der Waals surface area contributed by atoms with Crippen LogP contribution in [0.4, 0.5) is 13.2 Å². The number of nitrogens with one attached hydrogen (secondary N) is 1. The molecule has 1 N–H and O–H groups in total. The lowest BCUT2D eigenvalue weighted by Gasteiger charge is -2.42. The molecule has 2 rings (SSSR count). The Balaban J connectivity index is 2.60. The molecule has 1 aromatic rings. The number of carbonyl (C=O) groups is 2. The van der Waals surface area contributed by atoms with Crippen LogP contribution in [0.15, 0.2) is 30.3 Å². The van der Waals surface area contributed by atoms with Crippen LogP contribution < -0.4 is 5.32 Å². The summed E-state index contributed by atoms with van der Waals surface area (Å²) < 4.78 is 52.2. The molecule has 0 aliphatic carbocycles. The highest BCUT2D eigenvalue weighted by atomic mass is 19.4. The first-order valence-corrected chi connectivity index (χ1v) is 7.45. The van der Waals surface area contributed by atoms with Crippen molar-refractivity contribution >= 4 is 11.8 Å². The Bertz CT molecular complexity index is 638. The summed E-state index contributed by atoms with van der Waals surface area (Å²) in [6.07, 6.45) is -8.24. The quantitative estimate of drug-likeness (QED) is 0.863. The number of methoxy groups -OCH3 is 2. The van der Waals surface area contributed by atoms with E-state index in [2.05, 4.69) is 0 Å². The molecular weight excluding hydrogens is 341 g/mol. The van der Waals surface area contributed by atoms with Gasteiger partial charge in [-0.1, -0.05) is 30.3 Å². The van der Waals surface area contributed by atoms with Crippen LogP contribution in [0.25, 0.3) is 0 Å². The van der Waals surface area contributed by atoms with Gasteiger partial charge in [-0.25, -0.2) is 0 Å². The average Bonchev–Trinajstić information content (AvgIpc) is 2.76. The van der Waals surface area contributed by atoms with Gasteiger partial charge in [-0.05, 0) is 5.56 Å². The number of carbonyl (C=O) groups excluding carboxylic acids is 2. The largest absolute Gasteiger partial charge is 0.433 e. The van der Waals surface area contributed by atoms with E-state index >= 15 is 0 Å². The van der Waals surface area contributed by atoms with E-state index in [0.717, 1.165) is 21.1 Å². The molecule has 138 valence electrons. The minimum absolute atomic E-state index is 0.362. The van der Waals surface area contributed by atoms with E-state index in [0.29, 0.717) is 10.5 Å². The molecule has 1 aliphatic rings. The number of hydrogen-bond donors (Lipinski definition) is 1. The molecule has 0 radical (unpaired) electrons. The maximum atomic E-state index is 14.1. The molecule has 0 spiro atoms. The fourth-order valence-electron chi connectivity index (χ4n) is 3.11. The number of amides is 2. The number of likely N-dealkylation sites (tertiary alicyclic amines) is 1. The molecule has 6 nitrogen and oxygen atoms in total. The van der Waals surface area contributed by atoms with Gasteiger partial charge in [0.2, 0.25) is 11.6 Å². The Labute approximate surface area is 142 Å². The van der Waals surface area contributed by atoms with E-state index in [4.69, 9.17) is 9.47 Å². The summed E-state index contributed by atoms with van der Waals surface area (Å²) in [6.45, 7) is 0.588. The van der Waals surface area contributed by atoms with Crippen molar-refractivity contribution in [3.63, 3.8) is 0 Å². The van der Waals surface area contributed by atoms with Gasteiger partial charge >= 0.3 is 6.18 Å². The lowest BCUT2D eigenvalue weighted by Crippen LogP contribution is -2.71. The smallest absolute Gasteiger partial charge is 0.373 e. The first-order chi connectivity index (χ1) is 11.7. The molecular formula is C16H19F3N2O4. The van der Waals surface area contributed by atoms with Crippen molar-refractivity contribution in [3.05, 3.63) is 35.9 Å². The molecule has 1 saturated heterocycles. The van der Waals surface area contributed by atoms with Crippen molar-refractivity contribution in [1.29, 1.82) is 0 Å². The Hall–Kier alpha value is -2.13. The third-order valence-corrected chi connectivity index (χ3v) is 4.11. The fourth-order valence-corrected chi connectivity index (χ4v) is 3.11. The normalized spacial score (nSPS) is 26.8. The molecule has 2 amide bonds. The minimum Gasteiger partial charge on any atom is -0.373 e. The summed E-state index contributed by atoms with van der Waals surface area (Å²) in [5, 5.41) is 1.90. The second-order valence-corrected chi connectivity index (χ2v) is 5.67. The Kier molecular flexibility index (Phi) is 5.38. The maximum Gasteiger partial charge on any atom is 0.433 e. The lowest BCUT2D eigenvalue weighted by atomic mass is 10.0. The average molecular weight is 360 g/mol. The number of hydrogen-bond acceptors (Lipinski definition) is 4. The van der Waals surface area contributed by atoms with Gasteiger partial charge < -0.3 is 19.7 Å². The molecule has 0 saturated carbocycles. The number of nitrogens with zero attached hydrogens (tertiary/aromatic N) is 1. The van der Waals surface area contributed by atoms with Gasteiger partial charge in [0, 0.05) is 27.7 Å². The van der Waals surface area contributed by atoms with Gasteiger partial charge in [0.05, 0.1) is 0 Å². The van der Waals surface area contributed by atoms with Crippen molar-refractivity contribution in [2.24, 2.45) is 0 Å². The molecule has 1 aliphatic heterocycles. The van der Waals surface area contributed by atoms with Gasteiger partial charge in [0.25, 0.3) is 5.91 Å². The van der Waals surface area contributed by atoms with E-state index in [1.54, 1.807) is 30.3 Å². The number of alkyl halides is 3. The zero-order chi connectivity index (χ0) is 18.8. The third kappa shape index (κ3) is 3.21. The summed E-state index contributed by atoms with van der Waals surface area (Å²) in [7, 11) is 2.16. The highest BCUT2D eigenvalue weighted by molar-refractivity contribution is 5.87. The minimum atomic E-state index is -4.99. The molecule has 1 fully saturated rings. The number of benzene rings is 1. The summed E-state index contributed by atoms with van der Waals surface area (Å²) in [6, 6.07) is 8.17. The number of halogens is 3. The molecule has 0 bridgehead atoms. The summed E-state index contributed by atoms with van der Waals surface area (Å²) in [5.74, 6) is -1.86. The van der Waals surface area contributed by atoms with E-state index in [-0.39, 0.29) is 6.54 Å². The fraction of sp³-hybridized carbons (Fsp3) is 0.500. The van der Waals surface area contributed by atoms with Gasteiger partial charge in [-0.15, -0.1) is 0 Å². The lowest BCUT2D eigenvalue weighted by molar-refractivity contribution is -0.263. The van der Waals surface area contributed by atoms with Gasteiger partial charge in [-0.2, -0.15) is 13.2 Å². The topological polar surface area (TPSA) is 67.9 Å². The standard InChI is InChI=1S/C16H19F3N2O4/c1-10(22)20-15(16(17,18)19)13(25-3)12(24-2)14(23)21(15)9-11-7-5-4-6-8-11/h4-8,12-13H,9H2,1-3H3,(H,20,22)/t12-,13-,15-/m1/s1. The highest BCUT2D eigenvalue weighted by Crippen LogP contribution is 2.44. The molecule has 9 heteroatoms. The third-order valence-electron chi connectivity index (χ3n) is 4.11. The van der Waals surface area contributed by atoms with Crippen LogP contribution in [0.3, 0.4) is 0 Å². The molecule has 0 aromatic heterocycles. The SMILES string of the molecule is CO[C@@H]1[C@@H](OC)C(=O)N(Cc2ccccc2)[C@@]1(NC(C)=O)C(F)(F)F. The van der Waals surface area contributed by atoms with Crippen LogP contribution >= 0.6 is 0 Å². The maximum absolute atomic E-state index is 14.1. The van der Waals surface area contributed by atoms with Crippen molar-refractivity contribution in [2.45, 2.75) is 37.5 Å². The summed E-state index contributed by atoms with van der Waals surface area (Å²) in [5.41, 5.74) is -2.55. The van der Waals surface area contributed by atoms with Crippen molar-refractivity contribution < 1.29 is 32.2 Å². The molecule has 3 atom stereocenters. The van der Waals surface area contributed by atoms with Crippen molar-refractivity contribution in [2.75, 3.05) is 14.2 Å². The van der Waals surface area contributed by atoms with E-state index in [1.165, 1.54) is 0 Å². The monoisotopic (exact) mass is 360 g/mol. The van der Waals surface area contributed by atoms with Crippen molar-refractivity contribution in [1.82, 2.24) is 10.2 Å². The second kappa shape index (κ2) is 7.01. The van der Waals surface area contributed by atoms with Gasteiger partial charge in [0.15, 0.2) is 6.10 Å². The summed E-state index contributed by atoms with van der Waals surface area (Å²) >= 11 is 0. The molecule has 1 aromatic carbocycles. The van der Waals surface area contributed by atoms with Crippen LogP contribution in [-0.2, 0) is 25.6 Å². The van der Waals surface area contributed by atoms with Crippen LogP contribution in [0.1, 0.15) is 12.5 Å². The Morgan fingerprint density at radius 2 is 1.84 bits per heavy atom. The molecule has 25 heavy (non-hydrogen) atoms. The molecule has 0 unspecified atom stereocenters. The predicted octanol–water partition coefficient (Wildman–Crippen LogP) is 1.45. The van der Waals surface area contributed by atoms with E-state index < -0.39 is 35.9 Å². The second-order valence-electron chi connectivity index (χ2n) is 5.67. The predicted molar refractivity (Wildman–Crippen MR) is 81.2 cm³/mol. The van der Waals surface area contributed by atoms with Crippen LogP contribution in [0, 0.1) is 0 Å². The zero-order valence-electron chi connectivity index (χ0n) is 14.0. The Morgan fingerprint density at radius 1 is 1.24 bits per heavy atom.